The molecule has 2 N–H and O–H groups in total. The molecule has 1 heterocycles. The lowest BCUT2D eigenvalue weighted by molar-refractivity contribution is -0.141. The largest absolute Gasteiger partial charge is 0.481 e. The number of aromatic nitrogens is 2. The van der Waals surface area contributed by atoms with Gasteiger partial charge in [0.25, 0.3) is 0 Å². The molecule has 1 unspecified atom stereocenters. The number of carbonyl (C=O) groups is 2. The van der Waals surface area contributed by atoms with Crippen molar-refractivity contribution in [2.45, 2.75) is 6.92 Å². The number of carboxylic acid groups (broad SMARTS) is 1. The van der Waals surface area contributed by atoms with Crippen molar-refractivity contribution < 1.29 is 14.7 Å². The minimum absolute atomic E-state index is 0.139. The first kappa shape index (κ1) is 15.6. The number of aliphatic carboxylic acids is 1. The first-order chi connectivity index (χ1) is 10.5. The van der Waals surface area contributed by atoms with Crippen LogP contribution in [-0.2, 0) is 4.79 Å². The number of anilines is 1. The summed E-state index contributed by atoms with van der Waals surface area (Å²) in [5.41, 5.74) is 1.44. The molecule has 0 fully saturated rings. The summed E-state index contributed by atoms with van der Waals surface area (Å²) in [5, 5.41) is 15.7. The number of nitrogens with zero attached hydrogens (tertiary/aromatic N) is 3. The maximum Gasteiger partial charge on any atom is 0.321 e. The van der Waals surface area contributed by atoms with Crippen LogP contribution in [0.5, 0.6) is 0 Å². The van der Waals surface area contributed by atoms with E-state index in [0.717, 1.165) is 5.69 Å². The average molecular weight is 302 g/mol. The second-order valence-electron chi connectivity index (χ2n) is 5.05. The molecule has 0 aliphatic rings. The molecule has 1 aromatic carbocycles. The van der Waals surface area contributed by atoms with Crippen LogP contribution in [0.4, 0.5) is 10.5 Å². The zero-order valence-corrected chi connectivity index (χ0v) is 12.4. The third-order valence-corrected chi connectivity index (χ3v) is 3.18. The highest BCUT2D eigenvalue weighted by Crippen LogP contribution is 2.14. The first-order valence-corrected chi connectivity index (χ1v) is 6.82. The Hall–Kier alpha value is -2.83. The van der Waals surface area contributed by atoms with Gasteiger partial charge in [0.05, 0.1) is 11.6 Å². The summed E-state index contributed by atoms with van der Waals surface area (Å²) < 4.78 is 1.69. The molecule has 0 saturated carbocycles. The summed E-state index contributed by atoms with van der Waals surface area (Å²) in [7, 11) is 1.56. The van der Waals surface area contributed by atoms with E-state index >= 15 is 0 Å². The molecule has 0 spiro atoms. The normalized spacial score (nSPS) is 11.7. The molecule has 1 atom stereocenters. The standard InChI is InChI=1S/C15H18N4O3/c1-11(14(20)21)10-18(2)15(22)17-12-5-3-6-13(9-12)19-8-4-7-16-19/h3-9,11H,10H2,1-2H3,(H,17,22)(H,20,21). The number of rotatable bonds is 5. The lowest BCUT2D eigenvalue weighted by Crippen LogP contribution is -2.36. The minimum atomic E-state index is -0.930. The van der Waals surface area contributed by atoms with Gasteiger partial charge in [0.1, 0.15) is 0 Å². The highest BCUT2D eigenvalue weighted by molar-refractivity contribution is 5.89. The molecule has 7 heteroatoms. The molecule has 22 heavy (non-hydrogen) atoms. The molecule has 0 saturated heterocycles. The molecule has 0 aliphatic carbocycles. The molecule has 2 aromatic rings. The summed E-state index contributed by atoms with van der Waals surface area (Å²) in [6.07, 6.45) is 3.48. The minimum Gasteiger partial charge on any atom is -0.481 e. The van der Waals surface area contributed by atoms with Gasteiger partial charge in [-0.25, -0.2) is 9.48 Å². The van der Waals surface area contributed by atoms with Crippen LogP contribution >= 0.6 is 0 Å². The van der Waals surface area contributed by atoms with E-state index in [9.17, 15) is 9.59 Å². The SMILES string of the molecule is CC(CN(C)C(=O)Nc1cccc(-n2cccn2)c1)C(=O)O. The number of benzene rings is 1. The molecule has 0 radical (unpaired) electrons. The first-order valence-electron chi connectivity index (χ1n) is 6.82. The fourth-order valence-electron chi connectivity index (χ4n) is 1.94. The fraction of sp³-hybridized carbons (Fsp3) is 0.267. The van der Waals surface area contributed by atoms with E-state index in [-0.39, 0.29) is 12.6 Å². The maximum atomic E-state index is 12.1. The van der Waals surface area contributed by atoms with Crippen molar-refractivity contribution in [3.8, 4) is 5.69 Å². The predicted octanol–water partition coefficient (Wildman–Crippen LogP) is 2.06. The van der Waals surface area contributed by atoms with Crippen molar-refractivity contribution in [1.29, 1.82) is 0 Å². The van der Waals surface area contributed by atoms with E-state index in [1.807, 2.05) is 24.4 Å². The Balaban J connectivity index is 2.03. The van der Waals surface area contributed by atoms with Gasteiger partial charge in [-0.15, -0.1) is 0 Å². The molecule has 2 amide bonds. The van der Waals surface area contributed by atoms with Crippen molar-refractivity contribution in [3.05, 3.63) is 42.7 Å². The van der Waals surface area contributed by atoms with Crippen LogP contribution in [0.1, 0.15) is 6.92 Å². The second kappa shape index (κ2) is 6.75. The third kappa shape index (κ3) is 3.85. The Morgan fingerprint density at radius 2 is 2.18 bits per heavy atom. The maximum absolute atomic E-state index is 12.1. The number of amides is 2. The van der Waals surface area contributed by atoms with Crippen LogP contribution in [0.15, 0.2) is 42.7 Å². The van der Waals surface area contributed by atoms with E-state index in [2.05, 4.69) is 10.4 Å². The quantitative estimate of drug-likeness (QED) is 0.885. The molecule has 0 aliphatic heterocycles. The molecular weight excluding hydrogens is 284 g/mol. The van der Waals surface area contributed by atoms with Gasteiger partial charge in [-0.3, -0.25) is 4.79 Å². The Labute approximate surface area is 128 Å². The van der Waals surface area contributed by atoms with Crippen LogP contribution in [0.3, 0.4) is 0 Å². The summed E-state index contributed by atoms with van der Waals surface area (Å²) in [6.45, 7) is 1.70. The van der Waals surface area contributed by atoms with E-state index in [4.69, 9.17) is 5.11 Å². The van der Waals surface area contributed by atoms with Gasteiger partial charge in [-0.1, -0.05) is 13.0 Å². The van der Waals surface area contributed by atoms with Crippen molar-refractivity contribution in [2.24, 2.45) is 5.92 Å². The van der Waals surface area contributed by atoms with E-state index < -0.39 is 11.9 Å². The number of hydrogen-bond acceptors (Lipinski definition) is 3. The molecule has 1 aromatic heterocycles. The zero-order chi connectivity index (χ0) is 16.1. The van der Waals surface area contributed by atoms with E-state index in [1.54, 1.807) is 37.0 Å². The van der Waals surface area contributed by atoms with Crippen LogP contribution < -0.4 is 5.32 Å². The number of carboxylic acids is 1. The zero-order valence-electron chi connectivity index (χ0n) is 12.4. The topological polar surface area (TPSA) is 87.5 Å². The van der Waals surface area contributed by atoms with Gasteiger partial charge >= 0.3 is 12.0 Å². The van der Waals surface area contributed by atoms with Crippen LogP contribution in [0, 0.1) is 5.92 Å². The average Bonchev–Trinajstić information content (AvgIpc) is 3.01. The van der Waals surface area contributed by atoms with Gasteiger partial charge in [-0.2, -0.15) is 5.10 Å². The summed E-state index contributed by atoms with van der Waals surface area (Å²) >= 11 is 0. The van der Waals surface area contributed by atoms with Crippen molar-refractivity contribution in [3.63, 3.8) is 0 Å². The molecule has 7 nitrogen and oxygen atoms in total. The van der Waals surface area contributed by atoms with E-state index in [0.29, 0.717) is 5.69 Å². The number of hydrogen-bond donors (Lipinski definition) is 2. The molecule has 0 bridgehead atoms. The summed E-state index contributed by atoms with van der Waals surface area (Å²) in [6, 6.07) is 8.70. The molecule has 116 valence electrons. The van der Waals surface area contributed by atoms with Gasteiger partial charge in [0, 0.05) is 31.7 Å². The Kier molecular flexibility index (Phi) is 4.77. The van der Waals surface area contributed by atoms with Gasteiger partial charge < -0.3 is 15.3 Å². The van der Waals surface area contributed by atoms with Crippen LogP contribution in [-0.4, -0.2) is 45.4 Å². The summed E-state index contributed by atoms with van der Waals surface area (Å²) in [5.74, 6) is -1.55. The smallest absolute Gasteiger partial charge is 0.321 e. The highest BCUT2D eigenvalue weighted by Gasteiger charge is 2.17. The van der Waals surface area contributed by atoms with Crippen molar-refractivity contribution in [2.75, 3.05) is 18.9 Å². The van der Waals surface area contributed by atoms with Crippen molar-refractivity contribution >= 4 is 17.7 Å². The molecule has 2 rings (SSSR count). The lowest BCUT2D eigenvalue weighted by Gasteiger charge is -2.20. The monoisotopic (exact) mass is 302 g/mol. The Morgan fingerprint density at radius 1 is 1.41 bits per heavy atom. The van der Waals surface area contributed by atoms with E-state index in [1.165, 1.54) is 4.90 Å². The van der Waals surface area contributed by atoms with Crippen LogP contribution in [0.2, 0.25) is 0 Å². The van der Waals surface area contributed by atoms with Gasteiger partial charge in [0.15, 0.2) is 0 Å². The fourth-order valence-corrected chi connectivity index (χ4v) is 1.94. The third-order valence-electron chi connectivity index (χ3n) is 3.18. The summed E-state index contributed by atoms with van der Waals surface area (Å²) in [4.78, 5) is 24.2. The second-order valence-corrected chi connectivity index (χ2v) is 5.05. The van der Waals surface area contributed by atoms with Gasteiger partial charge in [-0.05, 0) is 24.3 Å². The molecular formula is C15H18N4O3. The number of urea groups is 1. The predicted molar refractivity (Wildman–Crippen MR) is 82.0 cm³/mol. The Bertz CT molecular complexity index is 655. The lowest BCUT2D eigenvalue weighted by atomic mass is 10.2. The number of carbonyl (C=O) groups excluding carboxylic acids is 1. The van der Waals surface area contributed by atoms with Crippen molar-refractivity contribution in [1.82, 2.24) is 14.7 Å². The van der Waals surface area contributed by atoms with Crippen LogP contribution in [0.25, 0.3) is 5.69 Å². The Morgan fingerprint density at radius 3 is 2.82 bits per heavy atom. The number of nitrogens with one attached hydrogen (secondary N) is 1. The highest BCUT2D eigenvalue weighted by atomic mass is 16.4. The van der Waals surface area contributed by atoms with Gasteiger partial charge in [0.2, 0.25) is 0 Å².